The number of esters is 1. The number of alkyl halides is 2. The van der Waals surface area contributed by atoms with Crippen LogP contribution in [-0.2, 0) is 23.8 Å². The van der Waals surface area contributed by atoms with Crippen LogP contribution < -0.4 is 0 Å². The largest absolute Gasteiger partial charge is 0.451 e. The highest BCUT2D eigenvalue weighted by Gasteiger charge is 2.71. The van der Waals surface area contributed by atoms with Gasteiger partial charge in [-0.05, 0) is 31.4 Å². The van der Waals surface area contributed by atoms with Gasteiger partial charge in [0.05, 0.1) is 3.92 Å². The molecule has 4 rings (SSSR count). The molecule has 0 aliphatic carbocycles. The van der Waals surface area contributed by atoms with Crippen LogP contribution in [0.2, 0.25) is 0 Å². The van der Waals surface area contributed by atoms with E-state index in [-0.39, 0.29) is 15.2 Å². The van der Waals surface area contributed by atoms with Crippen LogP contribution in [0.5, 0.6) is 0 Å². The fourth-order valence-electron chi connectivity index (χ4n) is 4.79. The normalized spacial score (nSPS) is 25.9. The molecule has 0 radical (unpaired) electrons. The number of hydrogen-bond donors (Lipinski definition) is 0. The molecule has 35 heavy (non-hydrogen) atoms. The van der Waals surface area contributed by atoms with Crippen molar-refractivity contribution in [1.29, 1.82) is 0 Å². The van der Waals surface area contributed by atoms with Crippen LogP contribution in [0.1, 0.15) is 37.5 Å². The van der Waals surface area contributed by atoms with Crippen LogP contribution in [0.4, 0.5) is 0 Å². The minimum Gasteiger partial charge on any atom is -0.451 e. The van der Waals surface area contributed by atoms with Crippen LogP contribution in [0, 0.1) is 0 Å². The molecule has 9 heteroatoms. The van der Waals surface area contributed by atoms with Crippen molar-refractivity contribution in [2.45, 2.75) is 57.1 Å². The molecule has 2 aromatic rings. The number of ether oxygens (including phenoxy) is 3. The van der Waals surface area contributed by atoms with Gasteiger partial charge in [0, 0.05) is 19.0 Å². The first kappa shape index (κ1) is 26.9. The molecular weight excluding hydrogens is 645 g/mol. The van der Waals surface area contributed by atoms with Crippen molar-refractivity contribution >= 4 is 62.2 Å². The number of fused-ring (bicyclic) bond motifs is 1. The van der Waals surface area contributed by atoms with Crippen molar-refractivity contribution in [2.75, 3.05) is 14.2 Å². The summed E-state index contributed by atoms with van der Waals surface area (Å²) in [7, 11) is 3.18. The van der Waals surface area contributed by atoms with E-state index in [2.05, 4.69) is 38.5 Å². The molecule has 2 saturated heterocycles. The van der Waals surface area contributed by atoms with Crippen molar-refractivity contribution in [2.24, 2.45) is 0 Å². The first-order valence-corrected chi connectivity index (χ1v) is 14.3. The molecule has 2 heterocycles. The summed E-state index contributed by atoms with van der Waals surface area (Å²) in [6.45, 7) is 3.99. The zero-order valence-corrected chi connectivity index (χ0v) is 24.6. The zero-order valence-electron chi connectivity index (χ0n) is 20.0. The van der Waals surface area contributed by atoms with E-state index in [1.54, 1.807) is 30.9 Å². The Kier molecular flexibility index (Phi) is 8.22. The molecule has 188 valence electrons. The molecule has 0 spiro atoms. The van der Waals surface area contributed by atoms with E-state index in [0.29, 0.717) is 6.42 Å². The SMILES string of the molecule is COC(OC)[C@@H](I)C[C@@]1(Br)C(=O)N2[C@@H](C(=O)OC(c3ccccc3)c3ccccc3)C(C)(C)S[C@@H]21. The highest BCUT2D eigenvalue weighted by molar-refractivity contribution is 14.1. The molecule has 4 atom stereocenters. The van der Waals surface area contributed by atoms with Crippen LogP contribution in [0.25, 0.3) is 0 Å². The van der Waals surface area contributed by atoms with Crippen LogP contribution >= 0.6 is 50.3 Å². The number of nitrogens with zero attached hydrogens (tertiary/aromatic N) is 1. The van der Waals surface area contributed by atoms with Crippen molar-refractivity contribution in [3.05, 3.63) is 71.8 Å². The summed E-state index contributed by atoms with van der Waals surface area (Å²) in [6, 6.07) is 18.7. The van der Waals surface area contributed by atoms with Gasteiger partial charge in [-0.15, -0.1) is 11.8 Å². The van der Waals surface area contributed by atoms with E-state index >= 15 is 0 Å². The fraction of sp³-hybridized carbons (Fsp3) is 0.462. The molecule has 6 nitrogen and oxygen atoms in total. The number of β-lactam (4-membered cyclic amide) rings is 1. The van der Waals surface area contributed by atoms with Crippen molar-refractivity contribution in [1.82, 2.24) is 4.90 Å². The Morgan fingerprint density at radius 2 is 1.57 bits per heavy atom. The third kappa shape index (κ3) is 5.03. The van der Waals surface area contributed by atoms with Gasteiger partial charge in [0.25, 0.3) is 0 Å². The summed E-state index contributed by atoms with van der Waals surface area (Å²) in [4.78, 5) is 28.9. The van der Waals surface area contributed by atoms with Crippen LogP contribution in [-0.4, -0.2) is 61.7 Å². The Balaban J connectivity index is 1.57. The second kappa shape index (κ2) is 10.7. The van der Waals surface area contributed by atoms with Gasteiger partial charge in [-0.1, -0.05) is 99.2 Å². The molecular formula is C26H29BrINO5S. The molecule has 1 amide bonds. The number of halogens is 2. The van der Waals surface area contributed by atoms with Crippen molar-refractivity contribution in [3.8, 4) is 0 Å². The number of amides is 1. The highest BCUT2D eigenvalue weighted by Crippen LogP contribution is 2.60. The van der Waals surface area contributed by atoms with Gasteiger partial charge in [-0.2, -0.15) is 0 Å². The van der Waals surface area contributed by atoms with Gasteiger partial charge in [0.1, 0.15) is 15.7 Å². The smallest absolute Gasteiger partial charge is 0.331 e. The molecule has 0 bridgehead atoms. The summed E-state index contributed by atoms with van der Waals surface area (Å²) in [5, 5.41) is -0.193. The molecule has 0 saturated carbocycles. The van der Waals surface area contributed by atoms with Gasteiger partial charge < -0.3 is 19.1 Å². The monoisotopic (exact) mass is 673 g/mol. The van der Waals surface area contributed by atoms with E-state index in [4.69, 9.17) is 14.2 Å². The lowest BCUT2D eigenvalue weighted by Gasteiger charge is -2.51. The van der Waals surface area contributed by atoms with Gasteiger partial charge in [0.2, 0.25) is 5.91 Å². The third-order valence-corrected chi connectivity index (χ3v) is 10.6. The molecule has 0 aromatic heterocycles. The van der Waals surface area contributed by atoms with E-state index in [9.17, 15) is 9.59 Å². The summed E-state index contributed by atoms with van der Waals surface area (Å²) in [6.07, 6.45) is -0.469. The maximum Gasteiger partial charge on any atom is 0.331 e. The van der Waals surface area contributed by atoms with Crippen LogP contribution in [0.3, 0.4) is 0 Å². The number of carbonyl (C=O) groups excluding carboxylic acids is 2. The average Bonchev–Trinajstić information content (AvgIpc) is 3.13. The second-order valence-electron chi connectivity index (χ2n) is 9.25. The predicted molar refractivity (Wildman–Crippen MR) is 149 cm³/mol. The van der Waals surface area contributed by atoms with Gasteiger partial charge in [-0.25, -0.2) is 4.79 Å². The minimum atomic E-state index is -0.788. The lowest BCUT2D eigenvalue weighted by Crippen LogP contribution is -2.71. The van der Waals surface area contributed by atoms with E-state index in [1.807, 2.05) is 74.5 Å². The van der Waals surface area contributed by atoms with Gasteiger partial charge >= 0.3 is 5.97 Å². The highest BCUT2D eigenvalue weighted by atomic mass is 127. The quantitative estimate of drug-likeness (QED) is 0.118. The molecule has 0 N–H and O–H groups in total. The lowest BCUT2D eigenvalue weighted by atomic mass is 9.88. The molecule has 2 aliphatic heterocycles. The summed E-state index contributed by atoms with van der Waals surface area (Å²) in [5.74, 6) is -0.505. The number of hydrogen-bond acceptors (Lipinski definition) is 6. The Hall–Kier alpha value is -1.14. The van der Waals surface area contributed by atoms with E-state index in [1.165, 1.54) is 0 Å². The summed E-state index contributed by atoms with van der Waals surface area (Å²) >= 11 is 7.62. The number of rotatable bonds is 9. The average molecular weight is 674 g/mol. The molecule has 2 aliphatic rings. The Bertz CT molecular complexity index is 1010. The molecule has 2 fully saturated rings. The number of thioether (sulfide) groups is 1. The fourth-order valence-corrected chi connectivity index (χ4v) is 9.36. The Morgan fingerprint density at radius 3 is 2.06 bits per heavy atom. The third-order valence-electron chi connectivity index (χ3n) is 6.50. The first-order chi connectivity index (χ1) is 16.6. The number of carbonyl (C=O) groups is 2. The van der Waals surface area contributed by atoms with Gasteiger partial charge in [-0.3, -0.25) is 4.79 Å². The van der Waals surface area contributed by atoms with Crippen molar-refractivity contribution < 1.29 is 23.8 Å². The summed E-state index contributed by atoms with van der Waals surface area (Å²) in [5.41, 5.74) is 1.77. The molecule has 0 unspecified atom stereocenters. The minimum absolute atomic E-state index is 0.0525. The van der Waals surface area contributed by atoms with Crippen molar-refractivity contribution in [3.63, 3.8) is 0 Å². The maximum atomic E-state index is 13.7. The second-order valence-corrected chi connectivity index (χ2v) is 14.0. The lowest BCUT2D eigenvalue weighted by molar-refractivity contribution is -0.167. The zero-order chi connectivity index (χ0) is 25.4. The summed E-state index contributed by atoms with van der Waals surface area (Å²) < 4.78 is 15.6. The maximum absolute atomic E-state index is 13.7. The Morgan fingerprint density at radius 1 is 1.06 bits per heavy atom. The topological polar surface area (TPSA) is 65.1 Å². The van der Waals surface area contributed by atoms with Crippen LogP contribution in [0.15, 0.2) is 60.7 Å². The Labute approximate surface area is 232 Å². The predicted octanol–water partition coefficient (Wildman–Crippen LogP) is 5.33. The van der Waals surface area contributed by atoms with E-state index < -0.39 is 33.5 Å². The molecule has 2 aromatic carbocycles. The van der Waals surface area contributed by atoms with E-state index in [0.717, 1.165) is 11.1 Å². The standard InChI is InChI=1S/C26H29BrINO5S/c1-25(2)20(29-23(31)26(27,24(29)35-25)15-18(28)22(32-3)33-4)21(30)34-19(16-11-7-5-8-12-16)17-13-9-6-10-14-17/h5-14,18-20,22,24H,15H2,1-4H3/t18-,20-,24+,26+/m0/s1. The number of methoxy groups -OCH3 is 2. The first-order valence-electron chi connectivity index (χ1n) is 11.3. The van der Waals surface area contributed by atoms with Gasteiger partial charge in [0.15, 0.2) is 12.4 Å². The number of benzene rings is 2.